The number of rotatable bonds is 3. The Bertz CT molecular complexity index is 516. The fourth-order valence-corrected chi connectivity index (χ4v) is 2.37. The van der Waals surface area contributed by atoms with Crippen molar-refractivity contribution in [2.75, 3.05) is 6.54 Å². The number of tetrazole rings is 1. The van der Waals surface area contributed by atoms with Crippen molar-refractivity contribution in [3.05, 3.63) is 40.7 Å². The van der Waals surface area contributed by atoms with Gasteiger partial charge in [0.2, 0.25) is 0 Å². The molecule has 6 heteroatoms. The highest BCUT2D eigenvalue weighted by Crippen LogP contribution is 2.21. The minimum Gasteiger partial charge on any atom is -0.307 e. The molecule has 2 aromatic rings. The highest BCUT2D eigenvalue weighted by molar-refractivity contribution is 6.30. The Balaban J connectivity index is 1.80. The summed E-state index contributed by atoms with van der Waals surface area (Å²) in [5.41, 5.74) is 1.14. The molecule has 1 aromatic carbocycles. The first kappa shape index (κ1) is 11.6. The number of aromatic nitrogens is 4. The average molecular weight is 264 g/mol. The van der Waals surface area contributed by atoms with Crippen molar-refractivity contribution >= 4 is 11.6 Å². The molecule has 1 N–H and O–H groups in total. The molecule has 0 saturated carbocycles. The third-order valence-electron chi connectivity index (χ3n) is 3.18. The first-order chi connectivity index (χ1) is 8.83. The molecule has 1 aromatic heterocycles. The minimum atomic E-state index is 0.285. The van der Waals surface area contributed by atoms with Crippen molar-refractivity contribution in [2.24, 2.45) is 0 Å². The quantitative estimate of drug-likeness (QED) is 0.918. The lowest BCUT2D eigenvalue weighted by molar-refractivity contribution is 0.535. The lowest BCUT2D eigenvalue weighted by Gasteiger charge is -2.10. The Morgan fingerprint density at radius 1 is 1.33 bits per heavy atom. The van der Waals surface area contributed by atoms with E-state index in [2.05, 4.69) is 20.8 Å². The molecule has 94 valence electrons. The van der Waals surface area contributed by atoms with Crippen LogP contribution in [0.4, 0.5) is 0 Å². The lowest BCUT2D eigenvalue weighted by atomic mass is 10.2. The van der Waals surface area contributed by atoms with Crippen molar-refractivity contribution in [3.8, 4) is 0 Å². The largest absolute Gasteiger partial charge is 0.307 e. The van der Waals surface area contributed by atoms with Gasteiger partial charge in [-0.3, -0.25) is 0 Å². The van der Waals surface area contributed by atoms with Crippen molar-refractivity contribution in [1.29, 1.82) is 0 Å². The third kappa shape index (κ3) is 2.37. The van der Waals surface area contributed by atoms with E-state index in [0.29, 0.717) is 6.54 Å². The van der Waals surface area contributed by atoms with Crippen LogP contribution in [0, 0.1) is 0 Å². The fourth-order valence-electron chi connectivity index (χ4n) is 2.24. The molecular weight excluding hydrogens is 250 g/mol. The van der Waals surface area contributed by atoms with Gasteiger partial charge < -0.3 is 5.32 Å². The molecule has 1 fully saturated rings. The van der Waals surface area contributed by atoms with E-state index in [9.17, 15) is 0 Å². The van der Waals surface area contributed by atoms with Crippen LogP contribution in [0.1, 0.15) is 30.3 Å². The molecule has 1 aliphatic heterocycles. The molecule has 18 heavy (non-hydrogen) atoms. The van der Waals surface area contributed by atoms with Gasteiger partial charge in [0.15, 0.2) is 5.82 Å². The first-order valence-corrected chi connectivity index (χ1v) is 6.44. The molecule has 5 nitrogen and oxygen atoms in total. The SMILES string of the molecule is Clc1ccc(Cn2nnnc2[C@H]2CCCN2)cc1. The van der Waals surface area contributed by atoms with Gasteiger partial charge in [0.1, 0.15) is 0 Å². The van der Waals surface area contributed by atoms with E-state index in [-0.39, 0.29) is 6.04 Å². The van der Waals surface area contributed by atoms with Gasteiger partial charge >= 0.3 is 0 Å². The molecule has 0 aliphatic carbocycles. The molecule has 3 rings (SSSR count). The second-order valence-electron chi connectivity index (χ2n) is 4.47. The summed E-state index contributed by atoms with van der Waals surface area (Å²) in [5, 5.41) is 16.1. The predicted octanol–water partition coefficient (Wildman–Crippen LogP) is 1.80. The van der Waals surface area contributed by atoms with E-state index in [1.165, 1.54) is 6.42 Å². The van der Waals surface area contributed by atoms with Crippen LogP contribution in [0.5, 0.6) is 0 Å². The van der Waals surface area contributed by atoms with Crippen LogP contribution < -0.4 is 5.32 Å². The van der Waals surface area contributed by atoms with Crippen LogP contribution >= 0.6 is 11.6 Å². The van der Waals surface area contributed by atoms with Gasteiger partial charge in [0.25, 0.3) is 0 Å². The minimum absolute atomic E-state index is 0.285. The van der Waals surface area contributed by atoms with Gasteiger partial charge in [-0.15, -0.1) is 5.10 Å². The molecule has 0 radical (unpaired) electrons. The van der Waals surface area contributed by atoms with E-state index >= 15 is 0 Å². The van der Waals surface area contributed by atoms with E-state index in [1.807, 2.05) is 28.9 Å². The molecular formula is C12H14ClN5. The molecule has 1 saturated heterocycles. The summed E-state index contributed by atoms with van der Waals surface area (Å²) < 4.78 is 1.85. The lowest BCUT2D eigenvalue weighted by Crippen LogP contribution is -2.19. The Hall–Kier alpha value is -1.46. The van der Waals surface area contributed by atoms with Gasteiger partial charge in [-0.2, -0.15) is 0 Å². The molecule has 1 atom stereocenters. The molecule has 2 heterocycles. The van der Waals surface area contributed by atoms with E-state index in [0.717, 1.165) is 29.4 Å². The van der Waals surface area contributed by atoms with Crippen LogP contribution in [0.15, 0.2) is 24.3 Å². The third-order valence-corrected chi connectivity index (χ3v) is 3.43. The van der Waals surface area contributed by atoms with Crippen molar-refractivity contribution in [2.45, 2.75) is 25.4 Å². The normalized spacial score (nSPS) is 19.3. The zero-order valence-corrected chi connectivity index (χ0v) is 10.6. The summed E-state index contributed by atoms with van der Waals surface area (Å²) in [5.74, 6) is 0.919. The number of hydrogen-bond acceptors (Lipinski definition) is 4. The van der Waals surface area contributed by atoms with Crippen LogP contribution in [0.2, 0.25) is 5.02 Å². The highest BCUT2D eigenvalue weighted by atomic mass is 35.5. The summed E-state index contributed by atoms with van der Waals surface area (Å²) in [6.07, 6.45) is 2.28. The highest BCUT2D eigenvalue weighted by Gasteiger charge is 2.22. The smallest absolute Gasteiger partial charge is 0.168 e. The monoisotopic (exact) mass is 263 g/mol. The topological polar surface area (TPSA) is 55.6 Å². The van der Waals surface area contributed by atoms with Crippen molar-refractivity contribution in [3.63, 3.8) is 0 Å². The van der Waals surface area contributed by atoms with Gasteiger partial charge in [-0.1, -0.05) is 23.7 Å². The second-order valence-corrected chi connectivity index (χ2v) is 4.91. The van der Waals surface area contributed by atoms with Gasteiger partial charge in [0.05, 0.1) is 12.6 Å². The maximum atomic E-state index is 5.87. The molecule has 0 amide bonds. The number of nitrogens with zero attached hydrogens (tertiary/aromatic N) is 4. The van der Waals surface area contributed by atoms with Crippen LogP contribution in [0.25, 0.3) is 0 Å². The number of nitrogens with one attached hydrogen (secondary N) is 1. The zero-order chi connectivity index (χ0) is 12.4. The molecule has 1 aliphatic rings. The summed E-state index contributed by atoms with van der Waals surface area (Å²) in [4.78, 5) is 0. The zero-order valence-electron chi connectivity index (χ0n) is 9.88. The van der Waals surface area contributed by atoms with Gasteiger partial charge in [0, 0.05) is 5.02 Å². The summed E-state index contributed by atoms with van der Waals surface area (Å²) in [7, 11) is 0. The van der Waals surface area contributed by atoms with Gasteiger partial charge in [-0.05, 0) is 47.5 Å². The second kappa shape index (κ2) is 5.04. The fraction of sp³-hybridized carbons (Fsp3) is 0.417. The first-order valence-electron chi connectivity index (χ1n) is 6.07. The predicted molar refractivity (Wildman–Crippen MR) is 68.3 cm³/mol. The maximum Gasteiger partial charge on any atom is 0.168 e. The Labute approximate surface area is 110 Å². The summed E-state index contributed by atoms with van der Waals surface area (Å²) in [6, 6.07) is 8.04. The summed E-state index contributed by atoms with van der Waals surface area (Å²) in [6.45, 7) is 1.72. The van der Waals surface area contributed by atoms with Crippen LogP contribution in [-0.4, -0.2) is 26.8 Å². The summed E-state index contributed by atoms with van der Waals surface area (Å²) >= 11 is 5.87. The Morgan fingerprint density at radius 3 is 2.89 bits per heavy atom. The van der Waals surface area contributed by atoms with E-state index in [1.54, 1.807) is 0 Å². The Kier molecular flexibility index (Phi) is 3.25. The molecule has 0 spiro atoms. The standard InChI is InChI=1S/C12H14ClN5/c13-10-5-3-9(4-6-10)8-18-12(15-16-17-18)11-2-1-7-14-11/h3-6,11,14H,1-2,7-8H2/t11-/m1/s1. The number of halogens is 1. The number of benzene rings is 1. The van der Waals surface area contributed by atoms with Crippen molar-refractivity contribution in [1.82, 2.24) is 25.5 Å². The van der Waals surface area contributed by atoms with E-state index < -0.39 is 0 Å². The van der Waals surface area contributed by atoms with Crippen LogP contribution in [-0.2, 0) is 6.54 Å². The van der Waals surface area contributed by atoms with Crippen molar-refractivity contribution < 1.29 is 0 Å². The van der Waals surface area contributed by atoms with Gasteiger partial charge in [-0.25, -0.2) is 4.68 Å². The van der Waals surface area contributed by atoms with Crippen LogP contribution in [0.3, 0.4) is 0 Å². The molecule has 0 bridgehead atoms. The molecule has 0 unspecified atom stereocenters. The average Bonchev–Trinajstić information content (AvgIpc) is 3.02. The Morgan fingerprint density at radius 2 is 2.17 bits per heavy atom. The van der Waals surface area contributed by atoms with E-state index in [4.69, 9.17) is 11.6 Å². The number of hydrogen-bond donors (Lipinski definition) is 1. The maximum absolute atomic E-state index is 5.87.